The topological polar surface area (TPSA) is 30.2 Å². The minimum Gasteiger partial charge on any atom is -0.423 e. The lowest BCUT2D eigenvalue weighted by Crippen LogP contribution is -1.99. The van der Waals surface area contributed by atoms with Crippen molar-refractivity contribution in [2.75, 3.05) is 0 Å². The fourth-order valence-electron chi connectivity index (χ4n) is 3.56. The van der Waals surface area contributed by atoms with Crippen molar-refractivity contribution in [3.8, 4) is 11.1 Å². The van der Waals surface area contributed by atoms with Gasteiger partial charge >= 0.3 is 5.63 Å². The number of hydrogen-bond donors (Lipinski definition) is 0. The van der Waals surface area contributed by atoms with E-state index in [2.05, 4.69) is 43.3 Å². The molecular formula is C20H18O2. The Labute approximate surface area is 129 Å². The quantitative estimate of drug-likeness (QED) is 0.556. The molecule has 0 aliphatic heterocycles. The van der Waals surface area contributed by atoms with Crippen molar-refractivity contribution in [3.05, 3.63) is 69.6 Å². The van der Waals surface area contributed by atoms with E-state index in [1.54, 1.807) is 6.07 Å². The lowest BCUT2D eigenvalue weighted by atomic mass is 9.92. The molecule has 1 unspecified atom stereocenters. The van der Waals surface area contributed by atoms with Gasteiger partial charge < -0.3 is 4.42 Å². The van der Waals surface area contributed by atoms with Crippen LogP contribution in [0.1, 0.15) is 36.0 Å². The van der Waals surface area contributed by atoms with Gasteiger partial charge in [-0.25, -0.2) is 4.79 Å². The number of hydrogen-bond acceptors (Lipinski definition) is 2. The average Bonchev–Trinajstić information content (AvgIpc) is 2.64. The highest BCUT2D eigenvalue weighted by Gasteiger charge is 2.20. The van der Waals surface area contributed by atoms with E-state index in [9.17, 15) is 4.79 Å². The summed E-state index contributed by atoms with van der Waals surface area (Å²) in [6, 6.07) is 14.5. The first-order valence-corrected chi connectivity index (χ1v) is 7.80. The third kappa shape index (κ3) is 1.98. The molecule has 0 radical (unpaired) electrons. The van der Waals surface area contributed by atoms with Crippen LogP contribution in [0.2, 0.25) is 0 Å². The maximum absolute atomic E-state index is 11.6. The molecule has 22 heavy (non-hydrogen) atoms. The van der Waals surface area contributed by atoms with E-state index in [1.807, 2.05) is 6.92 Å². The molecule has 0 N–H and O–H groups in total. The first kappa shape index (κ1) is 13.3. The fourth-order valence-corrected chi connectivity index (χ4v) is 3.56. The molecule has 2 aromatic carbocycles. The highest BCUT2D eigenvalue weighted by Crippen LogP contribution is 2.39. The standard InChI is InChI=1S/C20H18O2/c1-12-7-8-14-10-19-17(13(2)9-20(21)22-19)11-18(14)16-6-4-3-5-15(12)16/h3-6,9-12H,7-8H2,1-2H3. The zero-order chi connectivity index (χ0) is 15.3. The van der Waals surface area contributed by atoms with Crippen LogP contribution in [0.15, 0.2) is 51.7 Å². The van der Waals surface area contributed by atoms with Gasteiger partial charge in [-0.2, -0.15) is 0 Å². The number of rotatable bonds is 0. The van der Waals surface area contributed by atoms with E-state index < -0.39 is 0 Å². The molecule has 1 aliphatic carbocycles. The van der Waals surface area contributed by atoms with Gasteiger partial charge in [0.2, 0.25) is 0 Å². The summed E-state index contributed by atoms with van der Waals surface area (Å²) in [5.74, 6) is 0.541. The summed E-state index contributed by atoms with van der Waals surface area (Å²) in [6.45, 7) is 4.26. The van der Waals surface area contributed by atoms with Crippen LogP contribution in [0.3, 0.4) is 0 Å². The zero-order valence-electron chi connectivity index (χ0n) is 12.8. The minimum absolute atomic E-state index is 0.271. The van der Waals surface area contributed by atoms with Gasteiger partial charge in [-0.05, 0) is 65.6 Å². The maximum Gasteiger partial charge on any atom is 0.336 e. The normalized spacial score (nSPS) is 16.9. The summed E-state index contributed by atoms with van der Waals surface area (Å²) in [7, 11) is 0. The molecule has 0 saturated heterocycles. The van der Waals surface area contributed by atoms with Crippen molar-refractivity contribution >= 4 is 11.0 Å². The van der Waals surface area contributed by atoms with E-state index in [0.717, 1.165) is 23.8 Å². The largest absolute Gasteiger partial charge is 0.423 e. The van der Waals surface area contributed by atoms with Crippen LogP contribution in [0.25, 0.3) is 22.1 Å². The molecule has 0 spiro atoms. The van der Waals surface area contributed by atoms with Crippen molar-refractivity contribution in [3.63, 3.8) is 0 Å². The van der Waals surface area contributed by atoms with Gasteiger partial charge in [0.05, 0.1) is 0 Å². The summed E-state index contributed by atoms with van der Waals surface area (Å²) in [6.07, 6.45) is 2.13. The molecule has 3 aromatic rings. The monoisotopic (exact) mass is 290 g/mol. The highest BCUT2D eigenvalue weighted by atomic mass is 16.4. The summed E-state index contributed by atoms with van der Waals surface area (Å²) < 4.78 is 5.41. The van der Waals surface area contributed by atoms with Gasteiger partial charge in [0.25, 0.3) is 0 Å². The van der Waals surface area contributed by atoms with E-state index in [-0.39, 0.29) is 5.63 Å². The Hall–Kier alpha value is -2.35. The van der Waals surface area contributed by atoms with Crippen LogP contribution >= 0.6 is 0 Å². The van der Waals surface area contributed by atoms with Crippen LogP contribution in [0, 0.1) is 6.92 Å². The summed E-state index contributed by atoms with van der Waals surface area (Å²) in [5, 5.41) is 1.03. The molecule has 0 saturated carbocycles. The zero-order valence-corrected chi connectivity index (χ0v) is 12.8. The Bertz CT molecular complexity index is 934. The number of fused-ring (bicyclic) bond motifs is 4. The van der Waals surface area contributed by atoms with Crippen molar-refractivity contribution in [2.24, 2.45) is 0 Å². The summed E-state index contributed by atoms with van der Waals surface area (Å²) >= 11 is 0. The second kappa shape index (κ2) is 4.84. The van der Waals surface area contributed by atoms with Crippen LogP contribution in [0.5, 0.6) is 0 Å². The van der Waals surface area contributed by atoms with Crippen molar-refractivity contribution in [1.82, 2.24) is 0 Å². The molecule has 1 aromatic heterocycles. The number of benzene rings is 2. The molecular weight excluding hydrogens is 272 g/mol. The van der Waals surface area contributed by atoms with Crippen LogP contribution in [-0.2, 0) is 6.42 Å². The van der Waals surface area contributed by atoms with Gasteiger partial charge in [-0.3, -0.25) is 0 Å². The Morgan fingerprint density at radius 2 is 1.91 bits per heavy atom. The Morgan fingerprint density at radius 1 is 1.09 bits per heavy atom. The Balaban J connectivity index is 2.08. The predicted octanol–water partition coefficient (Wildman–Crippen LogP) is 4.82. The minimum atomic E-state index is -0.271. The van der Waals surface area contributed by atoms with E-state index in [4.69, 9.17) is 4.42 Å². The lowest BCUT2D eigenvalue weighted by molar-refractivity contribution is 0.559. The molecule has 2 nitrogen and oxygen atoms in total. The van der Waals surface area contributed by atoms with Crippen LogP contribution in [0.4, 0.5) is 0 Å². The van der Waals surface area contributed by atoms with Crippen LogP contribution in [-0.4, -0.2) is 0 Å². The highest BCUT2D eigenvalue weighted by molar-refractivity contribution is 5.88. The molecule has 4 rings (SSSR count). The average molecular weight is 290 g/mol. The molecule has 110 valence electrons. The summed E-state index contributed by atoms with van der Waals surface area (Å²) in [4.78, 5) is 11.6. The molecule has 1 atom stereocenters. The summed E-state index contributed by atoms with van der Waals surface area (Å²) in [5.41, 5.74) is 6.69. The number of aryl methyl sites for hydroxylation is 2. The molecule has 2 heteroatoms. The molecule has 0 fully saturated rings. The smallest absolute Gasteiger partial charge is 0.336 e. The van der Waals surface area contributed by atoms with Crippen molar-refractivity contribution in [2.45, 2.75) is 32.6 Å². The first-order chi connectivity index (χ1) is 10.6. The van der Waals surface area contributed by atoms with Gasteiger partial charge in [0, 0.05) is 11.5 Å². The molecule has 1 aliphatic rings. The first-order valence-electron chi connectivity index (χ1n) is 7.80. The van der Waals surface area contributed by atoms with Crippen LogP contribution < -0.4 is 5.63 Å². The SMILES string of the molecule is Cc1cc(=O)oc2cc3c(cc12)-c1ccccc1C(C)CC3. The van der Waals surface area contributed by atoms with Gasteiger partial charge in [-0.1, -0.05) is 31.2 Å². The Morgan fingerprint density at radius 3 is 2.77 bits per heavy atom. The predicted molar refractivity (Wildman–Crippen MR) is 89.4 cm³/mol. The third-order valence-corrected chi connectivity index (χ3v) is 4.80. The second-order valence-corrected chi connectivity index (χ2v) is 6.28. The van der Waals surface area contributed by atoms with Gasteiger partial charge in [-0.15, -0.1) is 0 Å². The van der Waals surface area contributed by atoms with E-state index >= 15 is 0 Å². The molecule has 0 amide bonds. The fraction of sp³-hybridized carbons (Fsp3) is 0.250. The van der Waals surface area contributed by atoms with Gasteiger partial charge in [0.1, 0.15) is 5.58 Å². The third-order valence-electron chi connectivity index (χ3n) is 4.80. The van der Waals surface area contributed by atoms with E-state index in [1.165, 1.54) is 22.3 Å². The van der Waals surface area contributed by atoms with Crippen molar-refractivity contribution < 1.29 is 4.42 Å². The molecule has 0 bridgehead atoms. The van der Waals surface area contributed by atoms with Gasteiger partial charge in [0.15, 0.2) is 0 Å². The molecule has 1 heterocycles. The lowest BCUT2D eigenvalue weighted by Gasteiger charge is -2.13. The van der Waals surface area contributed by atoms with Crippen molar-refractivity contribution in [1.29, 1.82) is 0 Å². The Kier molecular flexibility index (Phi) is 2.93. The van der Waals surface area contributed by atoms with E-state index in [0.29, 0.717) is 11.5 Å². The maximum atomic E-state index is 11.6. The second-order valence-electron chi connectivity index (χ2n) is 6.28.